The van der Waals surface area contributed by atoms with Gasteiger partial charge in [-0.15, -0.1) is 12.4 Å². The van der Waals surface area contributed by atoms with Crippen LogP contribution in [0.4, 0.5) is 0 Å². The molecule has 0 radical (unpaired) electrons. The molecule has 0 saturated heterocycles. The van der Waals surface area contributed by atoms with Crippen LogP contribution in [-0.2, 0) is 9.53 Å². The Morgan fingerprint density at radius 2 is 1.58 bits per heavy atom. The van der Waals surface area contributed by atoms with E-state index in [0.717, 1.165) is 29.2 Å². The first kappa shape index (κ1) is 18.3. The van der Waals surface area contributed by atoms with Crippen molar-refractivity contribution in [3.05, 3.63) is 59.7 Å². The van der Waals surface area contributed by atoms with Gasteiger partial charge in [0.25, 0.3) is 0 Å². The lowest BCUT2D eigenvalue weighted by Gasteiger charge is -2.27. The maximum absolute atomic E-state index is 12.2. The smallest absolute Gasteiger partial charge is 0.306 e. The van der Waals surface area contributed by atoms with E-state index in [4.69, 9.17) is 9.47 Å². The first-order valence-corrected chi connectivity index (χ1v) is 7.81. The summed E-state index contributed by atoms with van der Waals surface area (Å²) in [6.45, 7) is 1.14. The predicted octanol–water partition coefficient (Wildman–Crippen LogP) is 3.84. The van der Waals surface area contributed by atoms with Gasteiger partial charge >= 0.3 is 5.97 Å². The highest BCUT2D eigenvalue weighted by Crippen LogP contribution is 2.45. The number of carbonyl (C=O) groups excluding carboxylic acids is 1. The maximum Gasteiger partial charge on any atom is 0.306 e. The van der Waals surface area contributed by atoms with E-state index in [0.29, 0.717) is 13.0 Å². The molecule has 3 rings (SSSR count). The highest BCUT2D eigenvalue weighted by Gasteiger charge is 2.29. The van der Waals surface area contributed by atoms with Crippen molar-refractivity contribution in [2.45, 2.75) is 12.3 Å². The minimum atomic E-state index is -0.177. The average molecular weight is 348 g/mol. The van der Waals surface area contributed by atoms with Crippen LogP contribution in [0, 0.1) is 0 Å². The molecule has 4 nitrogen and oxygen atoms in total. The molecule has 5 heteroatoms. The molecule has 0 bridgehead atoms. The van der Waals surface area contributed by atoms with Gasteiger partial charge in [-0.1, -0.05) is 36.4 Å². The summed E-state index contributed by atoms with van der Waals surface area (Å²) in [5.41, 5.74) is 2.08. The summed E-state index contributed by atoms with van der Waals surface area (Å²) in [5, 5.41) is 0. The van der Waals surface area contributed by atoms with Crippen molar-refractivity contribution >= 4 is 18.4 Å². The third-order valence-electron chi connectivity index (χ3n) is 3.98. The van der Waals surface area contributed by atoms with Gasteiger partial charge in [0.2, 0.25) is 0 Å². The van der Waals surface area contributed by atoms with Crippen LogP contribution in [0.1, 0.15) is 23.5 Å². The molecule has 0 spiro atoms. The molecule has 0 fully saturated rings. The van der Waals surface area contributed by atoms with E-state index in [9.17, 15) is 4.79 Å². The summed E-state index contributed by atoms with van der Waals surface area (Å²) >= 11 is 0. The third-order valence-corrected chi connectivity index (χ3v) is 3.98. The van der Waals surface area contributed by atoms with E-state index >= 15 is 0 Å². The average Bonchev–Trinajstić information content (AvgIpc) is 2.54. The number of ether oxygens (including phenoxy) is 2. The Bertz CT molecular complexity index is 657. The van der Waals surface area contributed by atoms with Gasteiger partial charge < -0.3 is 14.4 Å². The molecule has 0 atom stereocenters. The number of hydrogen-bond acceptors (Lipinski definition) is 4. The fourth-order valence-corrected chi connectivity index (χ4v) is 2.80. The monoisotopic (exact) mass is 347 g/mol. The Morgan fingerprint density at radius 1 is 1.04 bits per heavy atom. The van der Waals surface area contributed by atoms with Gasteiger partial charge in [-0.25, -0.2) is 0 Å². The van der Waals surface area contributed by atoms with E-state index in [2.05, 4.69) is 0 Å². The largest absolute Gasteiger partial charge is 0.464 e. The quantitative estimate of drug-likeness (QED) is 0.770. The molecule has 0 N–H and O–H groups in total. The van der Waals surface area contributed by atoms with Crippen molar-refractivity contribution in [2.75, 3.05) is 27.2 Å². The van der Waals surface area contributed by atoms with Crippen LogP contribution in [0.3, 0.4) is 0 Å². The van der Waals surface area contributed by atoms with Crippen molar-refractivity contribution in [3.63, 3.8) is 0 Å². The lowest BCUT2D eigenvalue weighted by Crippen LogP contribution is -2.21. The van der Waals surface area contributed by atoms with Crippen molar-refractivity contribution in [1.29, 1.82) is 0 Å². The van der Waals surface area contributed by atoms with Gasteiger partial charge in [-0.05, 0) is 26.2 Å². The molecule has 0 aromatic heterocycles. The number of para-hydroxylation sites is 2. The number of benzene rings is 2. The van der Waals surface area contributed by atoms with Gasteiger partial charge in [0.05, 0.1) is 6.42 Å². The fourth-order valence-electron chi connectivity index (χ4n) is 2.80. The van der Waals surface area contributed by atoms with Crippen LogP contribution in [0.2, 0.25) is 0 Å². The number of fused-ring (bicyclic) bond motifs is 2. The number of hydrogen-bond donors (Lipinski definition) is 0. The van der Waals surface area contributed by atoms with Crippen molar-refractivity contribution < 1.29 is 14.3 Å². The summed E-state index contributed by atoms with van der Waals surface area (Å²) in [6.07, 6.45) is 0.324. The van der Waals surface area contributed by atoms with Crippen LogP contribution in [0.15, 0.2) is 48.5 Å². The lowest BCUT2D eigenvalue weighted by molar-refractivity contribution is -0.144. The number of nitrogens with zero attached hydrogens (tertiary/aromatic N) is 1. The van der Waals surface area contributed by atoms with Gasteiger partial charge in [0, 0.05) is 23.6 Å². The van der Waals surface area contributed by atoms with Crippen LogP contribution in [0.5, 0.6) is 11.5 Å². The predicted molar refractivity (Wildman–Crippen MR) is 96.2 cm³/mol. The number of rotatable bonds is 5. The molecular weight excluding hydrogens is 326 g/mol. The Hall–Kier alpha value is -2.04. The van der Waals surface area contributed by atoms with Gasteiger partial charge in [0.1, 0.15) is 18.1 Å². The Labute approximate surface area is 148 Å². The molecule has 1 aliphatic heterocycles. The molecule has 0 unspecified atom stereocenters. The molecule has 2 aromatic rings. The molecule has 1 heterocycles. The summed E-state index contributed by atoms with van der Waals surface area (Å²) < 4.78 is 11.3. The lowest BCUT2D eigenvalue weighted by atomic mass is 9.85. The molecule has 0 amide bonds. The Morgan fingerprint density at radius 3 is 2.12 bits per heavy atom. The number of esters is 1. The summed E-state index contributed by atoms with van der Waals surface area (Å²) in [7, 11) is 3.91. The summed E-state index contributed by atoms with van der Waals surface area (Å²) in [6, 6.07) is 15.7. The Balaban J connectivity index is 0.00000208. The first-order valence-electron chi connectivity index (χ1n) is 7.81. The minimum Gasteiger partial charge on any atom is -0.464 e. The normalized spacial score (nSPS) is 12.6. The molecule has 1 aliphatic rings. The molecule has 0 saturated carbocycles. The zero-order valence-electron chi connectivity index (χ0n) is 13.9. The van der Waals surface area contributed by atoms with Crippen LogP contribution >= 0.6 is 12.4 Å². The summed E-state index contributed by atoms with van der Waals surface area (Å²) in [4.78, 5) is 14.2. The van der Waals surface area contributed by atoms with E-state index < -0.39 is 0 Å². The minimum absolute atomic E-state index is 0. The molecule has 2 aromatic carbocycles. The zero-order valence-corrected chi connectivity index (χ0v) is 14.7. The summed E-state index contributed by atoms with van der Waals surface area (Å²) in [5.74, 6) is 1.43. The molecule has 24 heavy (non-hydrogen) atoms. The zero-order chi connectivity index (χ0) is 16.2. The second-order valence-corrected chi connectivity index (χ2v) is 5.96. The standard InChI is InChI=1S/C19H21NO3.ClH/c1-20(2)11-12-22-19(21)13-16-14-7-3-5-9-17(14)23-18-10-6-4-8-15(16)18;/h3-10,16H,11-13H2,1-2H3;1H. The number of halogens is 1. The van der Waals surface area contributed by atoms with E-state index in [1.165, 1.54) is 0 Å². The first-order chi connectivity index (χ1) is 11.1. The van der Waals surface area contributed by atoms with Crippen LogP contribution in [-0.4, -0.2) is 38.1 Å². The Kier molecular flexibility index (Phi) is 6.23. The van der Waals surface area contributed by atoms with Crippen molar-refractivity contribution in [1.82, 2.24) is 4.90 Å². The second kappa shape index (κ2) is 8.18. The maximum atomic E-state index is 12.2. The SMILES string of the molecule is CN(C)CCOC(=O)CC1c2ccccc2Oc2ccccc21.Cl. The van der Waals surface area contributed by atoms with Crippen molar-refractivity contribution in [2.24, 2.45) is 0 Å². The van der Waals surface area contributed by atoms with Crippen LogP contribution < -0.4 is 4.74 Å². The highest BCUT2D eigenvalue weighted by atomic mass is 35.5. The topological polar surface area (TPSA) is 38.8 Å². The van der Waals surface area contributed by atoms with E-state index in [-0.39, 0.29) is 24.3 Å². The molecular formula is C19H22ClNO3. The number of likely N-dealkylation sites (N-methyl/N-ethyl adjacent to an activating group) is 1. The fraction of sp³-hybridized carbons (Fsp3) is 0.316. The van der Waals surface area contributed by atoms with E-state index in [1.54, 1.807) is 0 Å². The highest BCUT2D eigenvalue weighted by molar-refractivity contribution is 5.85. The number of carbonyl (C=O) groups is 1. The van der Waals surface area contributed by atoms with Gasteiger partial charge in [-0.3, -0.25) is 4.79 Å². The molecule has 0 aliphatic carbocycles. The van der Waals surface area contributed by atoms with Crippen LogP contribution in [0.25, 0.3) is 0 Å². The van der Waals surface area contributed by atoms with Gasteiger partial charge in [0.15, 0.2) is 0 Å². The second-order valence-electron chi connectivity index (χ2n) is 5.96. The van der Waals surface area contributed by atoms with E-state index in [1.807, 2.05) is 67.5 Å². The molecule has 128 valence electrons. The van der Waals surface area contributed by atoms with Crippen molar-refractivity contribution in [3.8, 4) is 11.5 Å². The van der Waals surface area contributed by atoms with Gasteiger partial charge in [-0.2, -0.15) is 0 Å². The third kappa shape index (κ3) is 4.08.